The lowest BCUT2D eigenvalue weighted by Gasteiger charge is -2.36. The molecule has 31 heavy (non-hydrogen) atoms. The molecule has 0 bridgehead atoms. The van der Waals surface area contributed by atoms with Crippen LogP contribution in [0.1, 0.15) is 44.4 Å². The second kappa shape index (κ2) is 10.3. The van der Waals surface area contributed by atoms with Gasteiger partial charge >= 0.3 is 6.09 Å². The molecule has 170 valence electrons. The van der Waals surface area contributed by atoms with Crippen molar-refractivity contribution in [1.82, 2.24) is 4.90 Å². The second-order valence-electron chi connectivity index (χ2n) is 9.31. The van der Waals surface area contributed by atoms with Gasteiger partial charge < -0.3 is 19.2 Å². The van der Waals surface area contributed by atoms with Gasteiger partial charge in [0.2, 0.25) is 0 Å². The molecule has 0 aliphatic rings. The van der Waals surface area contributed by atoms with Crippen LogP contribution in [0.3, 0.4) is 0 Å². The number of benzene rings is 2. The van der Waals surface area contributed by atoms with Crippen LogP contribution in [-0.4, -0.2) is 38.0 Å². The Hall–Kier alpha value is -2.38. The molecule has 0 saturated carbocycles. The molecule has 0 spiro atoms. The number of rotatable bonds is 9. The Morgan fingerprint density at radius 2 is 1.81 bits per heavy atom. The summed E-state index contributed by atoms with van der Waals surface area (Å²) in [4.78, 5) is 12.3. The first-order chi connectivity index (χ1) is 14.4. The van der Waals surface area contributed by atoms with E-state index in [9.17, 15) is 9.18 Å². The smallest absolute Gasteiger partial charge is 0.407 e. The van der Waals surface area contributed by atoms with Crippen molar-refractivity contribution in [2.45, 2.75) is 58.0 Å². The van der Waals surface area contributed by atoms with Crippen LogP contribution in [0.4, 0.5) is 9.18 Å². The Labute approximate surface area is 185 Å². The molecule has 0 unspecified atom stereocenters. The number of carbonyl (C=O) groups is 1. The van der Waals surface area contributed by atoms with Crippen LogP contribution in [0.15, 0.2) is 48.5 Å². The Kier molecular flexibility index (Phi) is 8.25. The molecule has 2 rings (SSSR count). The molecule has 0 aliphatic heterocycles. The fourth-order valence-electron chi connectivity index (χ4n) is 2.73. The highest BCUT2D eigenvalue weighted by Crippen LogP contribution is 2.37. The first-order valence-corrected chi connectivity index (χ1v) is 13.4. The first-order valence-electron chi connectivity index (χ1n) is 10.5. The number of halogens is 1. The highest BCUT2D eigenvalue weighted by atomic mass is 28.4. The zero-order valence-electron chi connectivity index (χ0n) is 19.3. The van der Waals surface area contributed by atoms with Gasteiger partial charge in [0.1, 0.15) is 17.7 Å². The summed E-state index contributed by atoms with van der Waals surface area (Å²) in [6.07, 6.45) is -0.939. The minimum absolute atomic E-state index is 0.0541. The maximum absolute atomic E-state index is 14.8. The van der Waals surface area contributed by atoms with Crippen molar-refractivity contribution in [3.05, 3.63) is 65.5 Å². The van der Waals surface area contributed by atoms with Crippen molar-refractivity contribution in [2.75, 3.05) is 13.6 Å². The summed E-state index contributed by atoms with van der Waals surface area (Å²) in [5.74, 6) is 0.0334. The molecular formula is C24H34FNO4Si. The number of carboxylic acid groups (broad SMARTS) is 1. The van der Waals surface area contributed by atoms with Crippen LogP contribution in [0.25, 0.3) is 0 Å². The molecule has 0 aliphatic carbocycles. The van der Waals surface area contributed by atoms with Crippen molar-refractivity contribution >= 4 is 14.4 Å². The van der Waals surface area contributed by atoms with Gasteiger partial charge in [-0.1, -0.05) is 57.2 Å². The Balaban J connectivity index is 2.12. The van der Waals surface area contributed by atoms with Gasteiger partial charge in [0.05, 0.1) is 6.61 Å². The van der Waals surface area contributed by atoms with Crippen molar-refractivity contribution in [1.29, 1.82) is 0 Å². The summed E-state index contributed by atoms with van der Waals surface area (Å²) in [5, 5.41) is 9.16. The third-order valence-corrected chi connectivity index (χ3v) is 10.4. The molecule has 5 nitrogen and oxygen atoms in total. The van der Waals surface area contributed by atoms with E-state index in [1.807, 2.05) is 30.3 Å². The summed E-state index contributed by atoms with van der Waals surface area (Å²) >= 11 is 0. The van der Waals surface area contributed by atoms with Gasteiger partial charge in [-0.3, -0.25) is 0 Å². The zero-order chi connectivity index (χ0) is 23.2. The van der Waals surface area contributed by atoms with E-state index >= 15 is 0 Å². The molecular weight excluding hydrogens is 413 g/mol. The molecule has 0 aromatic heterocycles. The van der Waals surface area contributed by atoms with E-state index < -0.39 is 20.5 Å². The monoisotopic (exact) mass is 447 g/mol. The SMILES string of the molecule is CN(CC[C@H](Oc1ccc(CO[Si](C)(C)C(C)(C)C)c(F)c1)c1ccccc1)C(=O)O. The first kappa shape index (κ1) is 24.9. The Morgan fingerprint density at radius 3 is 2.35 bits per heavy atom. The average Bonchev–Trinajstić information content (AvgIpc) is 2.69. The Bertz CT molecular complexity index is 868. The average molecular weight is 448 g/mol. The van der Waals surface area contributed by atoms with Crippen LogP contribution in [0, 0.1) is 5.82 Å². The molecule has 2 aromatic rings. The lowest BCUT2D eigenvalue weighted by atomic mass is 10.1. The van der Waals surface area contributed by atoms with Crippen LogP contribution >= 0.6 is 0 Å². The molecule has 0 saturated heterocycles. The molecule has 1 atom stereocenters. The number of hydrogen-bond acceptors (Lipinski definition) is 3. The third kappa shape index (κ3) is 7.07. The number of amides is 1. The summed E-state index contributed by atoms with van der Waals surface area (Å²) in [6, 6.07) is 14.4. The maximum atomic E-state index is 14.8. The van der Waals surface area contributed by atoms with Gasteiger partial charge in [-0.2, -0.15) is 0 Å². The van der Waals surface area contributed by atoms with Crippen molar-refractivity contribution < 1.29 is 23.5 Å². The van der Waals surface area contributed by atoms with Crippen LogP contribution < -0.4 is 4.74 Å². The summed E-state index contributed by atoms with van der Waals surface area (Å²) in [6.45, 7) is 11.3. The standard InChI is InChI=1S/C24H34FNO4Si/c1-24(2,3)31(5,6)29-17-19-12-13-20(16-21(19)25)30-22(14-15-26(4)23(27)28)18-10-8-7-9-11-18/h7-13,16,22H,14-15,17H2,1-6H3,(H,27,28)/t22-/m0/s1. The summed E-state index contributed by atoms with van der Waals surface area (Å²) in [7, 11) is -0.461. The van der Waals surface area contributed by atoms with Gasteiger partial charge in [-0.05, 0) is 29.8 Å². The number of ether oxygens (including phenoxy) is 1. The van der Waals surface area contributed by atoms with Gasteiger partial charge in [0.25, 0.3) is 0 Å². The van der Waals surface area contributed by atoms with Crippen molar-refractivity contribution in [3.8, 4) is 5.75 Å². The number of hydrogen-bond donors (Lipinski definition) is 1. The van der Waals surface area contributed by atoms with E-state index in [2.05, 4.69) is 33.9 Å². The van der Waals surface area contributed by atoms with E-state index in [1.54, 1.807) is 12.1 Å². The lowest BCUT2D eigenvalue weighted by Crippen LogP contribution is -2.40. The fourth-order valence-corrected chi connectivity index (χ4v) is 3.67. The van der Waals surface area contributed by atoms with Gasteiger partial charge in [-0.15, -0.1) is 0 Å². The normalized spacial score (nSPS) is 13.0. The molecule has 7 heteroatoms. The fraction of sp³-hybridized carbons (Fsp3) is 0.458. The van der Waals surface area contributed by atoms with Crippen LogP contribution in [0.2, 0.25) is 18.1 Å². The van der Waals surface area contributed by atoms with Crippen LogP contribution in [-0.2, 0) is 11.0 Å². The van der Waals surface area contributed by atoms with E-state index in [4.69, 9.17) is 14.3 Å². The van der Waals surface area contributed by atoms with Crippen molar-refractivity contribution in [2.24, 2.45) is 0 Å². The molecule has 0 heterocycles. The van der Waals surface area contributed by atoms with E-state index in [-0.39, 0.29) is 17.5 Å². The Morgan fingerprint density at radius 1 is 1.16 bits per heavy atom. The zero-order valence-corrected chi connectivity index (χ0v) is 20.3. The largest absolute Gasteiger partial charge is 0.486 e. The minimum Gasteiger partial charge on any atom is -0.486 e. The van der Waals surface area contributed by atoms with Crippen LogP contribution in [0.5, 0.6) is 5.75 Å². The van der Waals surface area contributed by atoms with Gasteiger partial charge in [0, 0.05) is 31.6 Å². The minimum atomic E-state index is -1.98. The maximum Gasteiger partial charge on any atom is 0.407 e. The second-order valence-corrected chi connectivity index (χ2v) is 14.1. The van der Waals surface area contributed by atoms with E-state index in [1.165, 1.54) is 18.0 Å². The highest BCUT2D eigenvalue weighted by Gasteiger charge is 2.37. The highest BCUT2D eigenvalue weighted by molar-refractivity contribution is 6.74. The van der Waals surface area contributed by atoms with E-state index in [0.29, 0.717) is 24.3 Å². The quantitative estimate of drug-likeness (QED) is 0.448. The van der Waals surface area contributed by atoms with Gasteiger partial charge in [-0.25, -0.2) is 9.18 Å². The van der Waals surface area contributed by atoms with Crippen molar-refractivity contribution in [3.63, 3.8) is 0 Å². The summed E-state index contributed by atoms with van der Waals surface area (Å²) < 4.78 is 27.0. The molecule has 0 radical (unpaired) electrons. The third-order valence-electron chi connectivity index (χ3n) is 5.92. The molecule has 1 amide bonds. The molecule has 1 N–H and O–H groups in total. The predicted octanol–water partition coefficient (Wildman–Crippen LogP) is 6.47. The number of nitrogens with zero attached hydrogens (tertiary/aromatic N) is 1. The van der Waals surface area contributed by atoms with E-state index in [0.717, 1.165) is 5.56 Å². The van der Waals surface area contributed by atoms with Gasteiger partial charge in [0.15, 0.2) is 8.32 Å². The molecule has 2 aromatic carbocycles. The predicted molar refractivity (Wildman–Crippen MR) is 123 cm³/mol. The molecule has 0 fully saturated rings. The topological polar surface area (TPSA) is 59.0 Å². The lowest BCUT2D eigenvalue weighted by molar-refractivity contribution is 0.140. The summed E-state index contributed by atoms with van der Waals surface area (Å²) in [5.41, 5.74) is 1.41.